The van der Waals surface area contributed by atoms with Gasteiger partial charge in [-0.25, -0.2) is 4.98 Å². The number of nitrogens with zero attached hydrogens (tertiary/aromatic N) is 2. The number of benzene rings is 2. The van der Waals surface area contributed by atoms with Crippen molar-refractivity contribution in [2.24, 2.45) is 0 Å². The van der Waals surface area contributed by atoms with Crippen LogP contribution in [0.15, 0.2) is 42.5 Å². The highest BCUT2D eigenvalue weighted by molar-refractivity contribution is 7.22. The molecule has 0 unspecified atom stereocenters. The molecule has 0 spiro atoms. The van der Waals surface area contributed by atoms with Crippen LogP contribution in [-0.4, -0.2) is 29.5 Å². The molecule has 1 amide bonds. The van der Waals surface area contributed by atoms with Crippen LogP contribution in [0.5, 0.6) is 11.5 Å². The summed E-state index contributed by atoms with van der Waals surface area (Å²) in [6.45, 7) is -0.284. The number of anilines is 1. The Morgan fingerprint density at radius 2 is 2.12 bits per heavy atom. The van der Waals surface area contributed by atoms with Crippen molar-refractivity contribution in [3.63, 3.8) is 0 Å². The summed E-state index contributed by atoms with van der Waals surface area (Å²) < 4.78 is 11.4. The Balaban J connectivity index is 1.65. The van der Waals surface area contributed by atoms with E-state index in [4.69, 9.17) is 9.47 Å². The molecule has 3 rings (SSSR count). The van der Waals surface area contributed by atoms with Gasteiger partial charge in [-0.2, -0.15) is 0 Å². The van der Waals surface area contributed by atoms with E-state index in [2.05, 4.69) is 10.3 Å². The fourth-order valence-electron chi connectivity index (χ4n) is 2.13. The van der Waals surface area contributed by atoms with Gasteiger partial charge in [-0.05, 0) is 18.2 Å². The predicted octanol–water partition coefficient (Wildman–Crippen LogP) is 3.23. The van der Waals surface area contributed by atoms with Gasteiger partial charge in [0.25, 0.3) is 11.6 Å². The number of nitro groups is 1. The second kappa shape index (κ2) is 7.14. The number of rotatable bonds is 6. The predicted molar refractivity (Wildman–Crippen MR) is 93.4 cm³/mol. The summed E-state index contributed by atoms with van der Waals surface area (Å²) >= 11 is 1.32. The van der Waals surface area contributed by atoms with Crippen LogP contribution in [-0.2, 0) is 4.79 Å². The maximum atomic E-state index is 12.0. The summed E-state index contributed by atoms with van der Waals surface area (Å²) in [7, 11) is 1.55. The van der Waals surface area contributed by atoms with E-state index in [0.29, 0.717) is 16.4 Å². The first-order valence-corrected chi connectivity index (χ1v) is 7.99. The Labute approximate surface area is 146 Å². The van der Waals surface area contributed by atoms with E-state index >= 15 is 0 Å². The average Bonchev–Trinajstić information content (AvgIpc) is 3.02. The molecule has 0 fully saturated rings. The highest BCUT2D eigenvalue weighted by atomic mass is 32.1. The van der Waals surface area contributed by atoms with Crippen molar-refractivity contribution in [3.05, 3.63) is 52.6 Å². The second-order valence-electron chi connectivity index (χ2n) is 4.92. The maximum absolute atomic E-state index is 12.0. The summed E-state index contributed by atoms with van der Waals surface area (Å²) in [5.74, 6) is 0.460. The van der Waals surface area contributed by atoms with E-state index in [-0.39, 0.29) is 18.0 Å². The third kappa shape index (κ3) is 3.83. The number of nitrogens with one attached hydrogen (secondary N) is 1. The third-order valence-electron chi connectivity index (χ3n) is 3.25. The Hall–Kier alpha value is -3.20. The number of fused-ring (bicyclic) bond motifs is 1. The highest BCUT2D eigenvalue weighted by Crippen LogP contribution is 2.32. The van der Waals surface area contributed by atoms with Crippen molar-refractivity contribution in [2.75, 3.05) is 19.0 Å². The van der Waals surface area contributed by atoms with Gasteiger partial charge < -0.3 is 9.47 Å². The molecule has 0 aliphatic carbocycles. The summed E-state index contributed by atoms with van der Waals surface area (Å²) in [4.78, 5) is 26.5. The number of hydrogen-bond donors (Lipinski definition) is 1. The minimum Gasteiger partial charge on any atom is -0.494 e. The van der Waals surface area contributed by atoms with Crippen LogP contribution in [0.25, 0.3) is 10.2 Å². The van der Waals surface area contributed by atoms with Gasteiger partial charge in [0.2, 0.25) is 0 Å². The lowest BCUT2D eigenvalue weighted by Crippen LogP contribution is -2.20. The first-order valence-electron chi connectivity index (χ1n) is 7.17. The van der Waals surface area contributed by atoms with Crippen LogP contribution in [0.3, 0.4) is 0 Å². The van der Waals surface area contributed by atoms with Gasteiger partial charge in [-0.15, -0.1) is 0 Å². The summed E-state index contributed by atoms with van der Waals surface area (Å²) in [6.07, 6.45) is 0. The molecular weight excluding hydrogens is 346 g/mol. The fourth-order valence-corrected chi connectivity index (χ4v) is 3.03. The van der Waals surface area contributed by atoms with E-state index < -0.39 is 10.8 Å². The fraction of sp³-hybridized carbons (Fsp3) is 0.125. The van der Waals surface area contributed by atoms with Crippen molar-refractivity contribution in [1.82, 2.24) is 4.98 Å². The van der Waals surface area contributed by atoms with Crippen LogP contribution >= 0.6 is 11.3 Å². The number of methoxy groups -OCH3 is 1. The van der Waals surface area contributed by atoms with Crippen molar-refractivity contribution in [1.29, 1.82) is 0 Å². The third-order valence-corrected chi connectivity index (χ3v) is 4.18. The second-order valence-corrected chi connectivity index (χ2v) is 5.95. The van der Waals surface area contributed by atoms with Crippen molar-refractivity contribution < 1.29 is 19.2 Å². The number of amides is 1. The molecule has 25 heavy (non-hydrogen) atoms. The molecule has 1 heterocycles. The lowest BCUT2D eigenvalue weighted by atomic mass is 10.3. The molecule has 9 heteroatoms. The summed E-state index contributed by atoms with van der Waals surface area (Å²) in [5.41, 5.74) is 0.570. The number of nitro benzene ring substituents is 1. The molecule has 8 nitrogen and oxygen atoms in total. The number of non-ortho nitro benzene ring substituents is 1. The smallest absolute Gasteiger partial charge is 0.273 e. The molecule has 0 saturated heterocycles. The molecule has 1 N–H and O–H groups in total. The van der Waals surface area contributed by atoms with Crippen LogP contribution in [0.1, 0.15) is 0 Å². The molecule has 2 aromatic carbocycles. The first kappa shape index (κ1) is 16.7. The van der Waals surface area contributed by atoms with E-state index in [1.807, 2.05) is 12.1 Å². The van der Waals surface area contributed by atoms with Crippen LogP contribution in [0, 0.1) is 10.1 Å². The number of carbonyl (C=O) groups is 1. The van der Waals surface area contributed by atoms with E-state index in [1.54, 1.807) is 19.2 Å². The van der Waals surface area contributed by atoms with Gasteiger partial charge in [0.05, 0.1) is 22.8 Å². The van der Waals surface area contributed by atoms with Gasteiger partial charge in [-0.3, -0.25) is 20.2 Å². The van der Waals surface area contributed by atoms with Gasteiger partial charge in [0.1, 0.15) is 17.0 Å². The van der Waals surface area contributed by atoms with Gasteiger partial charge in [-0.1, -0.05) is 23.5 Å². The van der Waals surface area contributed by atoms with E-state index in [0.717, 1.165) is 4.70 Å². The molecule has 3 aromatic rings. The number of ether oxygens (including phenoxy) is 2. The van der Waals surface area contributed by atoms with Crippen molar-refractivity contribution in [2.45, 2.75) is 0 Å². The lowest BCUT2D eigenvalue weighted by molar-refractivity contribution is -0.384. The number of carbonyl (C=O) groups excluding carboxylic acids is 1. The van der Waals surface area contributed by atoms with Gasteiger partial charge in [0.15, 0.2) is 11.7 Å². The minimum absolute atomic E-state index is 0.101. The minimum atomic E-state index is -0.526. The number of hydrogen-bond acceptors (Lipinski definition) is 7. The molecule has 0 aliphatic rings. The highest BCUT2D eigenvalue weighted by Gasteiger charge is 2.12. The Bertz CT molecular complexity index is 940. The molecule has 0 aliphatic heterocycles. The Morgan fingerprint density at radius 3 is 2.88 bits per heavy atom. The zero-order chi connectivity index (χ0) is 17.8. The lowest BCUT2D eigenvalue weighted by Gasteiger charge is -2.05. The summed E-state index contributed by atoms with van der Waals surface area (Å²) in [5, 5.41) is 13.8. The molecule has 128 valence electrons. The molecule has 0 atom stereocenters. The van der Waals surface area contributed by atoms with Crippen molar-refractivity contribution in [3.8, 4) is 11.5 Å². The van der Waals surface area contributed by atoms with Gasteiger partial charge in [0, 0.05) is 6.07 Å². The molecular formula is C16H13N3O5S. The molecule has 1 aromatic heterocycles. The number of para-hydroxylation sites is 1. The maximum Gasteiger partial charge on any atom is 0.273 e. The molecule has 0 radical (unpaired) electrons. The SMILES string of the molecule is COc1cccc2sc(NC(=O)COc3cccc([N+](=O)[O-])c3)nc12. The van der Waals surface area contributed by atoms with Gasteiger partial charge >= 0.3 is 0 Å². The first-order chi connectivity index (χ1) is 12.1. The molecule has 0 bridgehead atoms. The monoisotopic (exact) mass is 359 g/mol. The standard InChI is InChI=1S/C16H13N3O5S/c1-23-12-6-3-7-13-15(12)18-16(25-13)17-14(20)9-24-11-5-2-4-10(8-11)19(21)22/h2-8H,9H2,1H3,(H,17,18,20). The topological polar surface area (TPSA) is 104 Å². The van der Waals surface area contributed by atoms with Crippen LogP contribution in [0.2, 0.25) is 0 Å². The summed E-state index contributed by atoms with van der Waals surface area (Å²) in [6, 6.07) is 11.2. The number of aromatic nitrogens is 1. The Morgan fingerprint density at radius 1 is 1.32 bits per heavy atom. The quantitative estimate of drug-likeness (QED) is 0.535. The Kier molecular flexibility index (Phi) is 4.75. The van der Waals surface area contributed by atoms with Crippen LogP contribution in [0.4, 0.5) is 10.8 Å². The van der Waals surface area contributed by atoms with E-state index in [1.165, 1.54) is 29.5 Å². The zero-order valence-electron chi connectivity index (χ0n) is 13.1. The van der Waals surface area contributed by atoms with E-state index in [9.17, 15) is 14.9 Å². The average molecular weight is 359 g/mol. The normalized spacial score (nSPS) is 10.4. The molecule has 0 saturated carbocycles. The number of thiazole rings is 1. The largest absolute Gasteiger partial charge is 0.494 e. The van der Waals surface area contributed by atoms with Crippen molar-refractivity contribution >= 4 is 38.3 Å². The van der Waals surface area contributed by atoms with Crippen LogP contribution < -0.4 is 14.8 Å². The zero-order valence-corrected chi connectivity index (χ0v) is 13.9.